The largest absolute Gasteiger partial charge is 0.508 e. The van der Waals surface area contributed by atoms with Crippen LogP contribution in [0.2, 0.25) is 0 Å². The molecule has 0 spiro atoms. The van der Waals surface area contributed by atoms with Crippen LogP contribution in [0.5, 0.6) is 5.75 Å². The molecule has 2 aromatic rings. The maximum atomic E-state index is 9.64. The van der Waals surface area contributed by atoms with Crippen LogP contribution in [0.1, 0.15) is 16.7 Å². The molecule has 2 rings (SSSR count). The van der Waals surface area contributed by atoms with E-state index in [-0.39, 0.29) is 0 Å². The zero-order valence-corrected chi connectivity index (χ0v) is 9.91. The lowest BCUT2D eigenvalue weighted by Gasteiger charge is -2.12. The van der Waals surface area contributed by atoms with Crippen LogP contribution in [0.3, 0.4) is 0 Å². The average Bonchev–Trinajstić information content (AvgIpc) is 2.28. The lowest BCUT2D eigenvalue weighted by Crippen LogP contribution is -1.90. The highest BCUT2D eigenvalue weighted by molar-refractivity contribution is 5.72. The predicted octanol–water partition coefficient (Wildman–Crippen LogP) is 3.98. The first-order chi connectivity index (χ1) is 7.61. The van der Waals surface area contributed by atoms with Crippen LogP contribution in [-0.2, 0) is 0 Å². The van der Waals surface area contributed by atoms with E-state index in [0.717, 1.165) is 11.1 Å². The number of hydrogen-bond donors (Lipinski definition) is 1. The molecule has 0 aliphatic carbocycles. The van der Waals surface area contributed by atoms with Gasteiger partial charge in [0.1, 0.15) is 5.75 Å². The van der Waals surface area contributed by atoms with Gasteiger partial charge in [-0.15, -0.1) is 0 Å². The molecule has 82 valence electrons. The molecule has 0 atom stereocenters. The number of aromatic hydroxyl groups is 1. The molecule has 0 aliphatic heterocycles. The Bertz CT molecular complexity index is 527. The normalized spacial score (nSPS) is 10.4. The van der Waals surface area contributed by atoms with Crippen LogP contribution in [0, 0.1) is 20.8 Å². The Balaban J connectivity index is 2.66. The van der Waals surface area contributed by atoms with Crippen molar-refractivity contribution in [2.75, 3.05) is 0 Å². The first-order valence-electron chi connectivity index (χ1n) is 5.46. The molecule has 1 nitrogen and oxygen atoms in total. The Morgan fingerprint density at radius 3 is 2.12 bits per heavy atom. The van der Waals surface area contributed by atoms with Crippen molar-refractivity contribution in [3.05, 3.63) is 53.1 Å². The van der Waals surface area contributed by atoms with Gasteiger partial charge in [0.25, 0.3) is 0 Å². The SMILES string of the molecule is Cc1ccccc1-c1ccc(O)c(C)c1C. The summed E-state index contributed by atoms with van der Waals surface area (Å²) >= 11 is 0. The Labute approximate surface area is 96.4 Å². The molecule has 0 unspecified atom stereocenters. The topological polar surface area (TPSA) is 20.2 Å². The molecule has 0 aliphatic rings. The Morgan fingerprint density at radius 1 is 0.750 bits per heavy atom. The minimum Gasteiger partial charge on any atom is -0.508 e. The zero-order valence-electron chi connectivity index (χ0n) is 9.91. The number of phenols is 1. The van der Waals surface area contributed by atoms with Gasteiger partial charge >= 0.3 is 0 Å². The fraction of sp³-hybridized carbons (Fsp3) is 0.200. The highest BCUT2D eigenvalue weighted by Crippen LogP contribution is 2.31. The predicted molar refractivity (Wildman–Crippen MR) is 67.8 cm³/mol. The minimum absolute atomic E-state index is 0.370. The van der Waals surface area contributed by atoms with Gasteiger partial charge in [-0.1, -0.05) is 30.3 Å². The third kappa shape index (κ3) is 1.69. The monoisotopic (exact) mass is 212 g/mol. The molecule has 16 heavy (non-hydrogen) atoms. The fourth-order valence-corrected chi connectivity index (χ4v) is 1.97. The van der Waals surface area contributed by atoms with Crippen molar-refractivity contribution < 1.29 is 5.11 Å². The van der Waals surface area contributed by atoms with E-state index in [4.69, 9.17) is 0 Å². The maximum Gasteiger partial charge on any atom is 0.118 e. The second-order valence-corrected chi connectivity index (χ2v) is 4.20. The first kappa shape index (κ1) is 10.7. The molecule has 1 heteroatoms. The van der Waals surface area contributed by atoms with Crippen LogP contribution in [-0.4, -0.2) is 5.11 Å². The van der Waals surface area contributed by atoms with Crippen LogP contribution >= 0.6 is 0 Å². The lowest BCUT2D eigenvalue weighted by molar-refractivity contribution is 0.470. The summed E-state index contributed by atoms with van der Waals surface area (Å²) in [5, 5.41) is 9.64. The van der Waals surface area contributed by atoms with Crippen molar-refractivity contribution in [2.24, 2.45) is 0 Å². The molecular formula is C15H16O. The van der Waals surface area contributed by atoms with Gasteiger partial charge in [0.2, 0.25) is 0 Å². The van der Waals surface area contributed by atoms with Crippen molar-refractivity contribution in [1.29, 1.82) is 0 Å². The lowest BCUT2D eigenvalue weighted by atomic mass is 9.94. The Morgan fingerprint density at radius 2 is 1.44 bits per heavy atom. The minimum atomic E-state index is 0.370. The molecule has 0 bridgehead atoms. The second kappa shape index (κ2) is 4.01. The van der Waals surface area contributed by atoms with E-state index in [1.165, 1.54) is 16.7 Å². The summed E-state index contributed by atoms with van der Waals surface area (Å²) in [7, 11) is 0. The van der Waals surface area contributed by atoms with Crippen molar-refractivity contribution in [3.63, 3.8) is 0 Å². The Hall–Kier alpha value is -1.76. The standard InChI is InChI=1S/C15H16O/c1-10-6-4-5-7-13(10)14-8-9-15(16)12(3)11(14)2/h4-9,16H,1-3H3. The van der Waals surface area contributed by atoms with Crippen molar-refractivity contribution >= 4 is 0 Å². The van der Waals surface area contributed by atoms with Crippen LogP contribution < -0.4 is 0 Å². The summed E-state index contributed by atoms with van der Waals surface area (Å²) in [5.41, 5.74) is 5.81. The zero-order chi connectivity index (χ0) is 11.7. The first-order valence-corrected chi connectivity index (χ1v) is 5.46. The van der Waals surface area contributed by atoms with Gasteiger partial charge in [0.15, 0.2) is 0 Å². The number of rotatable bonds is 1. The van der Waals surface area contributed by atoms with Gasteiger partial charge in [-0.2, -0.15) is 0 Å². The Kier molecular flexibility index (Phi) is 2.69. The highest BCUT2D eigenvalue weighted by atomic mass is 16.3. The summed E-state index contributed by atoms with van der Waals surface area (Å²) in [6.07, 6.45) is 0. The van der Waals surface area contributed by atoms with Crippen molar-refractivity contribution in [1.82, 2.24) is 0 Å². The second-order valence-electron chi connectivity index (χ2n) is 4.20. The molecule has 2 aromatic carbocycles. The number of benzene rings is 2. The summed E-state index contributed by atoms with van der Waals surface area (Å²) in [6, 6.07) is 12.1. The highest BCUT2D eigenvalue weighted by Gasteiger charge is 2.08. The third-order valence-electron chi connectivity index (χ3n) is 3.19. The average molecular weight is 212 g/mol. The molecule has 0 amide bonds. The van der Waals surface area contributed by atoms with E-state index in [1.54, 1.807) is 6.07 Å². The van der Waals surface area contributed by atoms with Gasteiger partial charge < -0.3 is 5.11 Å². The van der Waals surface area contributed by atoms with E-state index < -0.39 is 0 Å². The van der Waals surface area contributed by atoms with Gasteiger partial charge in [0.05, 0.1) is 0 Å². The smallest absolute Gasteiger partial charge is 0.118 e. The maximum absolute atomic E-state index is 9.64. The number of aryl methyl sites for hydroxylation is 1. The van der Waals surface area contributed by atoms with Crippen LogP contribution in [0.25, 0.3) is 11.1 Å². The van der Waals surface area contributed by atoms with Crippen molar-refractivity contribution in [2.45, 2.75) is 20.8 Å². The van der Waals surface area contributed by atoms with Crippen molar-refractivity contribution in [3.8, 4) is 16.9 Å². The molecule has 0 fully saturated rings. The quantitative estimate of drug-likeness (QED) is 0.758. The van der Waals surface area contributed by atoms with Crippen LogP contribution in [0.15, 0.2) is 36.4 Å². The molecule has 0 radical (unpaired) electrons. The van der Waals surface area contributed by atoms with Gasteiger partial charge in [-0.25, -0.2) is 0 Å². The van der Waals surface area contributed by atoms with E-state index >= 15 is 0 Å². The molecule has 0 aromatic heterocycles. The van der Waals surface area contributed by atoms with E-state index in [2.05, 4.69) is 26.0 Å². The number of phenolic OH excluding ortho intramolecular Hbond substituents is 1. The molecule has 1 N–H and O–H groups in total. The van der Waals surface area contributed by atoms with Gasteiger partial charge in [0, 0.05) is 0 Å². The number of hydrogen-bond acceptors (Lipinski definition) is 1. The summed E-state index contributed by atoms with van der Waals surface area (Å²) in [6.45, 7) is 6.11. The fourth-order valence-electron chi connectivity index (χ4n) is 1.97. The summed E-state index contributed by atoms with van der Waals surface area (Å²) in [5.74, 6) is 0.370. The van der Waals surface area contributed by atoms with E-state index in [1.807, 2.05) is 25.1 Å². The molecule has 0 heterocycles. The van der Waals surface area contributed by atoms with Gasteiger partial charge in [-0.3, -0.25) is 0 Å². The van der Waals surface area contributed by atoms with E-state index in [9.17, 15) is 5.11 Å². The molecule has 0 saturated heterocycles. The van der Waals surface area contributed by atoms with E-state index in [0.29, 0.717) is 5.75 Å². The van der Waals surface area contributed by atoms with Crippen LogP contribution in [0.4, 0.5) is 0 Å². The molecular weight excluding hydrogens is 196 g/mol. The van der Waals surface area contributed by atoms with Gasteiger partial charge in [-0.05, 0) is 54.7 Å². The summed E-state index contributed by atoms with van der Waals surface area (Å²) < 4.78 is 0. The summed E-state index contributed by atoms with van der Waals surface area (Å²) in [4.78, 5) is 0. The third-order valence-corrected chi connectivity index (χ3v) is 3.19. The molecule has 0 saturated carbocycles.